The molecule has 9 heteroatoms. The van der Waals surface area contributed by atoms with E-state index in [0.717, 1.165) is 25.2 Å². The van der Waals surface area contributed by atoms with E-state index in [-0.39, 0.29) is 18.3 Å². The minimum absolute atomic E-state index is 0.165. The molecule has 1 aliphatic heterocycles. The lowest BCUT2D eigenvalue weighted by molar-refractivity contribution is -0.895. The predicted molar refractivity (Wildman–Crippen MR) is 124 cm³/mol. The number of hydrogen-bond acceptors (Lipinski definition) is 5. The van der Waals surface area contributed by atoms with E-state index in [1.54, 1.807) is 18.2 Å². The Balaban J connectivity index is 1.55. The SMILES string of the molecule is CC[NH+](CC)CCNC(=O)c1ccc2c(=O)n(Cc3ccc4c(c3)OCO4)c(=S)[nH]c2c1. The van der Waals surface area contributed by atoms with E-state index in [4.69, 9.17) is 21.7 Å². The average Bonchev–Trinajstić information content (AvgIpc) is 3.27. The molecule has 8 nitrogen and oxygen atoms in total. The van der Waals surface area contributed by atoms with Crippen LogP contribution in [0.3, 0.4) is 0 Å². The van der Waals surface area contributed by atoms with Gasteiger partial charge in [-0.05, 0) is 62.0 Å². The molecule has 0 atom stereocenters. The molecule has 0 aliphatic carbocycles. The number of likely N-dealkylation sites (N-methyl/N-ethyl adjacent to an activating group) is 1. The topological polar surface area (TPSA) is 89.8 Å². The van der Waals surface area contributed by atoms with Crippen molar-refractivity contribution in [2.75, 3.05) is 33.0 Å². The summed E-state index contributed by atoms with van der Waals surface area (Å²) >= 11 is 5.45. The number of nitrogens with zero attached hydrogens (tertiary/aromatic N) is 1. The molecule has 0 bridgehead atoms. The molecule has 0 unspecified atom stereocenters. The van der Waals surface area contributed by atoms with Gasteiger partial charge in [-0.2, -0.15) is 0 Å². The van der Waals surface area contributed by atoms with Crippen LogP contribution in [0.4, 0.5) is 0 Å². The van der Waals surface area contributed by atoms with Crippen molar-refractivity contribution in [2.24, 2.45) is 0 Å². The van der Waals surface area contributed by atoms with E-state index >= 15 is 0 Å². The quantitative estimate of drug-likeness (QED) is 0.448. The normalized spacial score (nSPS) is 12.5. The van der Waals surface area contributed by atoms with E-state index in [1.807, 2.05) is 18.2 Å². The van der Waals surface area contributed by atoms with Gasteiger partial charge in [0.05, 0.1) is 43.6 Å². The van der Waals surface area contributed by atoms with Gasteiger partial charge in [0.1, 0.15) is 0 Å². The summed E-state index contributed by atoms with van der Waals surface area (Å²) in [6.07, 6.45) is 0. The number of nitrogens with one attached hydrogen (secondary N) is 3. The van der Waals surface area contributed by atoms with Crippen LogP contribution < -0.4 is 25.2 Å². The summed E-state index contributed by atoms with van der Waals surface area (Å²) in [5.74, 6) is 1.18. The number of carbonyl (C=O) groups excluding carboxylic acids is 1. The van der Waals surface area contributed by atoms with Crippen molar-refractivity contribution in [3.8, 4) is 11.5 Å². The molecule has 32 heavy (non-hydrogen) atoms. The lowest BCUT2D eigenvalue weighted by Gasteiger charge is -2.15. The first-order valence-corrected chi connectivity index (χ1v) is 11.2. The largest absolute Gasteiger partial charge is 0.454 e. The van der Waals surface area contributed by atoms with Crippen molar-refractivity contribution in [1.29, 1.82) is 0 Å². The minimum Gasteiger partial charge on any atom is -0.454 e. The van der Waals surface area contributed by atoms with Crippen molar-refractivity contribution in [1.82, 2.24) is 14.9 Å². The zero-order valence-electron chi connectivity index (χ0n) is 18.2. The summed E-state index contributed by atoms with van der Waals surface area (Å²) in [5, 5.41) is 3.43. The molecule has 4 rings (SSSR count). The Morgan fingerprint density at radius 2 is 1.94 bits per heavy atom. The molecular weight excluding hydrogens is 428 g/mol. The van der Waals surface area contributed by atoms with Gasteiger partial charge in [-0.1, -0.05) is 6.07 Å². The molecule has 2 aromatic carbocycles. The van der Waals surface area contributed by atoms with Gasteiger partial charge in [-0.25, -0.2) is 0 Å². The molecule has 0 saturated carbocycles. The fraction of sp³-hybridized carbons (Fsp3) is 0.348. The summed E-state index contributed by atoms with van der Waals surface area (Å²) in [6.45, 7) is 8.28. The summed E-state index contributed by atoms with van der Waals surface area (Å²) in [4.78, 5) is 30.2. The number of ether oxygens (including phenoxy) is 2. The maximum atomic E-state index is 13.1. The second kappa shape index (κ2) is 9.54. The summed E-state index contributed by atoms with van der Waals surface area (Å²) in [5.41, 5.74) is 1.70. The molecule has 3 aromatic rings. The van der Waals surface area contributed by atoms with E-state index in [1.165, 1.54) is 9.47 Å². The van der Waals surface area contributed by atoms with Crippen LogP contribution in [0.5, 0.6) is 11.5 Å². The van der Waals surface area contributed by atoms with Crippen LogP contribution in [0.2, 0.25) is 0 Å². The van der Waals surface area contributed by atoms with Crippen LogP contribution in [-0.4, -0.2) is 48.4 Å². The Labute approximate surface area is 190 Å². The molecule has 1 aliphatic rings. The molecule has 0 spiro atoms. The standard InChI is InChI=1S/C23H26N4O4S/c1-3-26(4-2)10-9-24-21(28)16-6-7-17-18(12-16)25-23(32)27(22(17)29)13-15-5-8-19-20(11-15)31-14-30-19/h5-8,11-12H,3-4,9-10,13-14H2,1-2H3,(H,24,28)(H,25,32)/p+1. The van der Waals surface area contributed by atoms with Crippen molar-refractivity contribution < 1.29 is 19.2 Å². The van der Waals surface area contributed by atoms with E-state index in [2.05, 4.69) is 24.1 Å². The van der Waals surface area contributed by atoms with Gasteiger partial charge in [-0.3, -0.25) is 14.2 Å². The molecule has 0 radical (unpaired) electrons. The highest BCUT2D eigenvalue weighted by atomic mass is 32.1. The third kappa shape index (κ3) is 4.53. The van der Waals surface area contributed by atoms with E-state index in [9.17, 15) is 9.59 Å². The Morgan fingerprint density at radius 3 is 2.72 bits per heavy atom. The smallest absolute Gasteiger partial charge is 0.262 e. The van der Waals surface area contributed by atoms with Crippen molar-refractivity contribution in [3.05, 3.63) is 62.6 Å². The third-order valence-electron chi connectivity index (χ3n) is 5.79. The number of amides is 1. The van der Waals surface area contributed by atoms with Gasteiger partial charge in [-0.15, -0.1) is 0 Å². The second-order valence-corrected chi connectivity index (χ2v) is 8.12. The molecule has 168 valence electrons. The highest BCUT2D eigenvalue weighted by Crippen LogP contribution is 2.32. The first-order chi connectivity index (χ1) is 15.5. The van der Waals surface area contributed by atoms with Crippen LogP contribution in [0.15, 0.2) is 41.2 Å². The van der Waals surface area contributed by atoms with Gasteiger partial charge in [0.25, 0.3) is 11.5 Å². The number of quaternary nitrogens is 1. The fourth-order valence-electron chi connectivity index (χ4n) is 3.82. The van der Waals surface area contributed by atoms with Crippen LogP contribution in [-0.2, 0) is 6.54 Å². The number of hydrogen-bond donors (Lipinski definition) is 3. The van der Waals surface area contributed by atoms with Gasteiger partial charge in [0.15, 0.2) is 16.3 Å². The van der Waals surface area contributed by atoms with E-state index < -0.39 is 0 Å². The number of H-pyrrole nitrogens is 1. The van der Waals surface area contributed by atoms with Crippen LogP contribution in [0.25, 0.3) is 10.9 Å². The highest BCUT2D eigenvalue weighted by Gasteiger charge is 2.15. The lowest BCUT2D eigenvalue weighted by atomic mass is 10.1. The van der Waals surface area contributed by atoms with Gasteiger partial charge in [0, 0.05) is 5.56 Å². The summed E-state index contributed by atoms with van der Waals surface area (Å²) < 4.78 is 12.5. The van der Waals surface area contributed by atoms with Crippen LogP contribution in [0.1, 0.15) is 29.8 Å². The Morgan fingerprint density at radius 1 is 1.16 bits per heavy atom. The number of benzene rings is 2. The zero-order chi connectivity index (χ0) is 22.7. The third-order valence-corrected chi connectivity index (χ3v) is 6.11. The predicted octanol–water partition coefficient (Wildman–Crippen LogP) is 1.49. The minimum atomic E-state index is -0.210. The van der Waals surface area contributed by atoms with Crippen molar-refractivity contribution >= 4 is 29.0 Å². The fourth-order valence-corrected chi connectivity index (χ4v) is 4.08. The molecule has 1 amide bonds. The van der Waals surface area contributed by atoms with Crippen molar-refractivity contribution in [3.63, 3.8) is 0 Å². The van der Waals surface area contributed by atoms with Crippen LogP contribution >= 0.6 is 12.2 Å². The number of aromatic nitrogens is 2. The zero-order valence-corrected chi connectivity index (χ0v) is 19.0. The number of fused-ring (bicyclic) bond motifs is 2. The molecule has 2 heterocycles. The second-order valence-electron chi connectivity index (χ2n) is 7.73. The maximum Gasteiger partial charge on any atom is 0.262 e. The molecule has 0 fully saturated rings. The Bertz CT molecular complexity index is 1260. The van der Waals surface area contributed by atoms with Gasteiger partial charge in [0.2, 0.25) is 6.79 Å². The first-order valence-electron chi connectivity index (χ1n) is 10.8. The van der Waals surface area contributed by atoms with Crippen molar-refractivity contribution in [2.45, 2.75) is 20.4 Å². The Kier molecular flexibility index (Phi) is 6.57. The van der Waals surface area contributed by atoms with Gasteiger partial charge >= 0.3 is 0 Å². The maximum absolute atomic E-state index is 13.1. The molecule has 0 saturated heterocycles. The average molecular weight is 456 g/mol. The number of carbonyl (C=O) groups is 1. The number of rotatable bonds is 8. The summed E-state index contributed by atoms with van der Waals surface area (Å²) in [6, 6.07) is 10.6. The monoisotopic (exact) mass is 455 g/mol. The van der Waals surface area contributed by atoms with Gasteiger partial charge < -0.3 is 24.7 Å². The van der Waals surface area contributed by atoms with E-state index in [0.29, 0.717) is 45.8 Å². The molecule has 3 N–H and O–H groups in total. The lowest BCUT2D eigenvalue weighted by Crippen LogP contribution is -3.12. The molecular formula is C23H27N4O4S+. The number of aromatic amines is 1. The van der Waals surface area contributed by atoms with Crippen LogP contribution in [0, 0.1) is 4.77 Å². The molecule has 1 aromatic heterocycles. The highest BCUT2D eigenvalue weighted by molar-refractivity contribution is 7.71. The summed E-state index contributed by atoms with van der Waals surface area (Å²) in [7, 11) is 0. The Hall–Kier alpha value is -3.17. The first kappa shape index (κ1) is 22.0.